The molecule has 1 aromatic rings. The highest BCUT2D eigenvalue weighted by atomic mass is 16.5. The molecule has 0 saturated heterocycles. The lowest BCUT2D eigenvalue weighted by atomic mass is 10.2. The first-order valence-electron chi connectivity index (χ1n) is 4.38. The molecule has 5 nitrogen and oxygen atoms in total. The number of aliphatic hydroxyl groups excluding tert-OH is 2. The van der Waals surface area contributed by atoms with Crippen molar-refractivity contribution in [3.63, 3.8) is 0 Å². The molecule has 1 aromatic carbocycles. The molecule has 5 heteroatoms. The van der Waals surface area contributed by atoms with Gasteiger partial charge in [0.2, 0.25) is 0 Å². The first kappa shape index (κ1) is 11.5. The molecular weight excluding hydrogens is 200 g/mol. The molecule has 0 aliphatic heterocycles. The van der Waals surface area contributed by atoms with Gasteiger partial charge in [-0.1, -0.05) is 0 Å². The number of carboxylic acids is 1. The highest BCUT2D eigenvalue weighted by molar-refractivity contribution is 5.87. The Morgan fingerprint density at radius 2 is 1.93 bits per heavy atom. The molecule has 0 aliphatic rings. The van der Waals surface area contributed by atoms with Gasteiger partial charge in [-0.3, -0.25) is 0 Å². The van der Waals surface area contributed by atoms with Crippen LogP contribution < -0.4 is 4.74 Å². The Hall–Kier alpha value is -1.59. The van der Waals surface area contributed by atoms with E-state index < -0.39 is 12.1 Å². The van der Waals surface area contributed by atoms with Crippen LogP contribution in [0.1, 0.15) is 10.4 Å². The van der Waals surface area contributed by atoms with Crippen LogP contribution in [0.3, 0.4) is 0 Å². The van der Waals surface area contributed by atoms with E-state index >= 15 is 0 Å². The predicted octanol–water partition coefficient (Wildman–Crippen LogP) is 0.117. The lowest BCUT2D eigenvalue weighted by molar-refractivity contribution is 0.0536. The molecule has 0 amide bonds. The zero-order chi connectivity index (χ0) is 11.3. The summed E-state index contributed by atoms with van der Waals surface area (Å²) in [5.74, 6) is -0.551. The van der Waals surface area contributed by atoms with E-state index in [4.69, 9.17) is 20.1 Å². The zero-order valence-corrected chi connectivity index (χ0v) is 7.96. The number of benzene rings is 1. The third-order valence-electron chi connectivity index (χ3n) is 1.75. The summed E-state index contributed by atoms with van der Waals surface area (Å²) < 4.78 is 5.09. The molecule has 0 bridgehead atoms. The average Bonchev–Trinajstić information content (AvgIpc) is 2.26. The Kier molecular flexibility index (Phi) is 4.08. The highest BCUT2D eigenvalue weighted by Gasteiger charge is 2.04. The number of aliphatic hydroxyl groups is 2. The number of carboxylic acid groups (broad SMARTS) is 1. The molecule has 0 radical (unpaired) electrons. The van der Waals surface area contributed by atoms with Crippen LogP contribution in [0.5, 0.6) is 5.75 Å². The fraction of sp³-hybridized carbons (Fsp3) is 0.300. The molecule has 82 valence electrons. The summed E-state index contributed by atoms with van der Waals surface area (Å²) in [6.45, 7) is -0.393. The topological polar surface area (TPSA) is 87.0 Å². The molecule has 0 spiro atoms. The quantitative estimate of drug-likeness (QED) is 0.645. The standard InChI is InChI=1S/C10H12O5/c11-5-8(12)6-15-9-3-1-7(2-4-9)10(13)14/h1-4,8,11-12H,5-6H2,(H,13,14). The van der Waals surface area contributed by atoms with Gasteiger partial charge in [-0.2, -0.15) is 0 Å². The van der Waals surface area contributed by atoms with Crippen molar-refractivity contribution in [2.75, 3.05) is 13.2 Å². The minimum absolute atomic E-state index is 0.0249. The second kappa shape index (κ2) is 5.33. The van der Waals surface area contributed by atoms with E-state index in [0.717, 1.165) is 0 Å². The minimum Gasteiger partial charge on any atom is -0.491 e. The zero-order valence-electron chi connectivity index (χ0n) is 7.96. The lowest BCUT2D eigenvalue weighted by Crippen LogP contribution is -2.21. The molecule has 1 atom stereocenters. The Morgan fingerprint density at radius 1 is 1.33 bits per heavy atom. The van der Waals surface area contributed by atoms with Crippen molar-refractivity contribution in [3.05, 3.63) is 29.8 Å². The van der Waals surface area contributed by atoms with Crippen molar-refractivity contribution in [2.24, 2.45) is 0 Å². The van der Waals surface area contributed by atoms with Crippen LogP contribution in [0.4, 0.5) is 0 Å². The molecule has 0 fully saturated rings. The monoisotopic (exact) mass is 212 g/mol. The van der Waals surface area contributed by atoms with E-state index in [9.17, 15) is 4.79 Å². The van der Waals surface area contributed by atoms with E-state index in [1.165, 1.54) is 24.3 Å². The summed E-state index contributed by atoms with van der Waals surface area (Å²) in [5, 5.41) is 26.1. The number of carbonyl (C=O) groups is 1. The van der Waals surface area contributed by atoms with Gasteiger partial charge in [0.15, 0.2) is 0 Å². The van der Waals surface area contributed by atoms with Crippen LogP contribution in [0.25, 0.3) is 0 Å². The number of hydrogen-bond donors (Lipinski definition) is 3. The Balaban J connectivity index is 2.53. The van der Waals surface area contributed by atoms with Gasteiger partial charge in [0, 0.05) is 0 Å². The summed E-state index contributed by atoms with van der Waals surface area (Å²) >= 11 is 0. The van der Waals surface area contributed by atoms with Crippen molar-refractivity contribution in [1.29, 1.82) is 0 Å². The lowest BCUT2D eigenvalue weighted by Gasteiger charge is -2.09. The van der Waals surface area contributed by atoms with Gasteiger partial charge in [-0.25, -0.2) is 4.79 Å². The fourth-order valence-corrected chi connectivity index (χ4v) is 0.939. The average molecular weight is 212 g/mol. The van der Waals surface area contributed by atoms with Gasteiger partial charge >= 0.3 is 5.97 Å². The molecular formula is C10H12O5. The molecule has 3 N–H and O–H groups in total. The van der Waals surface area contributed by atoms with Gasteiger partial charge in [0.1, 0.15) is 18.5 Å². The van der Waals surface area contributed by atoms with E-state index in [2.05, 4.69) is 0 Å². The summed E-state index contributed by atoms with van der Waals surface area (Å²) in [5.41, 5.74) is 0.171. The second-order valence-electron chi connectivity index (χ2n) is 2.98. The van der Waals surface area contributed by atoms with Gasteiger partial charge < -0.3 is 20.1 Å². The van der Waals surface area contributed by atoms with E-state index in [1.807, 2.05) is 0 Å². The van der Waals surface area contributed by atoms with Crippen molar-refractivity contribution in [2.45, 2.75) is 6.10 Å². The van der Waals surface area contributed by atoms with Crippen molar-refractivity contribution >= 4 is 5.97 Å². The molecule has 1 unspecified atom stereocenters. The van der Waals surface area contributed by atoms with Crippen molar-refractivity contribution < 1.29 is 24.9 Å². The third-order valence-corrected chi connectivity index (χ3v) is 1.75. The maximum absolute atomic E-state index is 10.5. The normalized spacial score (nSPS) is 12.1. The molecule has 0 aliphatic carbocycles. The van der Waals surface area contributed by atoms with Crippen molar-refractivity contribution in [3.8, 4) is 5.75 Å². The van der Waals surface area contributed by atoms with Gasteiger partial charge in [0.05, 0.1) is 12.2 Å². The first-order valence-corrected chi connectivity index (χ1v) is 4.38. The maximum Gasteiger partial charge on any atom is 0.335 e. The number of aromatic carboxylic acids is 1. The smallest absolute Gasteiger partial charge is 0.335 e. The van der Waals surface area contributed by atoms with Crippen LogP contribution >= 0.6 is 0 Å². The van der Waals surface area contributed by atoms with Gasteiger partial charge in [-0.05, 0) is 24.3 Å². The number of hydrogen-bond acceptors (Lipinski definition) is 4. The van der Waals surface area contributed by atoms with E-state index in [1.54, 1.807) is 0 Å². The number of ether oxygens (including phenoxy) is 1. The molecule has 15 heavy (non-hydrogen) atoms. The Labute approximate surface area is 86.5 Å². The third kappa shape index (κ3) is 3.57. The van der Waals surface area contributed by atoms with Gasteiger partial charge in [0.25, 0.3) is 0 Å². The van der Waals surface area contributed by atoms with Crippen molar-refractivity contribution in [1.82, 2.24) is 0 Å². The maximum atomic E-state index is 10.5. The number of rotatable bonds is 5. The first-order chi connectivity index (χ1) is 7.13. The van der Waals surface area contributed by atoms with Crippen LogP contribution in [0, 0.1) is 0 Å². The minimum atomic E-state index is -1.00. The van der Waals surface area contributed by atoms with E-state index in [-0.39, 0.29) is 18.8 Å². The largest absolute Gasteiger partial charge is 0.491 e. The molecule has 0 heterocycles. The predicted molar refractivity (Wildman–Crippen MR) is 52.0 cm³/mol. The molecule has 0 aromatic heterocycles. The Morgan fingerprint density at radius 3 is 2.40 bits per heavy atom. The second-order valence-corrected chi connectivity index (χ2v) is 2.98. The summed E-state index contributed by atoms with van der Waals surface area (Å²) in [4.78, 5) is 10.5. The van der Waals surface area contributed by atoms with Gasteiger partial charge in [-0.15, -0.1) is 0 Å². The highest BCUT2D eigenvalue weighted by Crippen LogP contribution is 2.12. The van der Waals surface area contributed by atoms with Crippen LogP contribution in [-0.4, -0.2) is 40.6 Å². The van der Waals surface area contributed by atoms with Crippen LogP contribution in [0.2, 0.25) is 0 Å². The fourth-order valence-electron chi connectivity index (χ4n) is 0.939. The Bertz CT molecular complexity index is 319. The van der Waals surface area contributed by atoms with Crippen LogP contribution in [-0.2, 0) is 0 Å². The van der Waals surface area contributed by atoms with Crippen LogP contribution in [0.15, 0.2) is 24.3 Å². The van der Waals surface area contributed by atoms with E-state index in [0.29, 0.717) is 5.75 Å². The molecule has 0 saturated carbocycles. The molecule has 1 rings (SSSR count). The summed E-state index contributed by atoms with van der Waals surface area (Å²) in [6.07, 6.45) is -0.927. The SMILES string of the molecule is O=C(O)c1ccc(OCC(O)CO)cc1. The summed E-state index contributed by atoms with van der Waals surface area (Å²) in [7, 11) is 0. The summed E-state index contributed by atoms with van der Waals surface area (Å²) in [6, 6.07) is 5.80.